The van der Waals surface area contributed by atoms with Gasteiger partial charge < -0.3 is 5.11 Å². The lowest BCUT2D eigenvalue weighted by atomic mass is 10.3. The van der Waals surface area contributed by atoms with Crippen molar-refractivity contribution in [3.63, 3.8) is 0 Å². The van der Waals surface area contributed by atoms with Crippen molar-refractivity contribution in [1.29, 1.82) is 0 Å². The molecule has 0 heterocycles. The molecule has 0 saturated heterocycles. The SMILES string of the molecule is CCN(C[C@@H](C)O)C(C)C. The van der Waals surface area contributed by atoms with Gasteiger partial charge in [-0.2, -0.15) is 0 Å². The summed E-state index contributed by atoms with van der Waals surface area (Å²) in [7, 11) is 0. The van der Waals surface area contributed by atoms with Crippen LogP contribution in [0, 0.1) is 0 Å². The van der Waals surface area contributed by atoms with Crippen molar-refractivity contribution in [2.45, 2.75) is 39.8 Å². The average Bonchev–Trinajstić information content (AvgIpc) is 1.81. The van der Waals surface area contributed by atoms with Crippen LogP contribution in [0.5, 0.6) is 0 Å². The molecule has 0 rings (SSSR count). The molecule has 0 aromatic carbocycles. The number of aliphatic hydroxyl groups excluding tert-OH is 1. The van der Waals surface area contributed by atoms with E-state index in [-0.39, 0.29) is 6.10 Å². The molecule has 0 unspecified atom stereocenters. The average molecular weight is 145 g/mol. The maximum Gasteiger partial charge on any atom is 0.0639 e. The molecule has 0 radical (unpaired) electrons. The fourth-order valence-corrected chi connectivity index (χ4v) is 1.04. The van der Waals surface area contributed by atoms with Crippen molar-refractivity contribution >= 4 is 0 Å². The summed E-state index contributed by atoms with van der Waals surface area (Å²) in [6, 6.07) is 0.541. The van der Waals surface area contributed by atoms with Crippen LogP contribution >= 0.6 is 0 Å². The van der Waals surface area contributed by atoms with Crippen molar-refractivity contribution in [2.75, 3.05) is 13.1 Å². The predicted octanol–water partition coefficient (Wildman–Crippen LogP) is 1.10. The minimum atomic E-state index is -0.206. The Balaban J connectivity index is 3.60. The van der Waals surface area contributed by atoms with Gasteiger partial charge in [0.15, 0.2) is 0 Å². The molecule has 0 saturated carbocycles. The monoisotopic (exact) mass is 145 g/mol. The van der Waals surface area contributed by atoms with E-state index in [0.717, 1.165) is 13.1 Å². The zero-order valence-electron chi connectivity index (χ0n) is 7.46. The smallest absolute Gasteiger partial charge is 0.0639 e. The molecule has 2 nitrogen and oxygen atoms in total. The quantitative estimate of drug-likeness (QED) is 0.640. The first-order valence-corrected chi connectivity index (χ1v) is 4.00. The molecule has 2 heteroatoms. The van der Waals surface area contributed by atoms with E-state index in [9.17, 15) is 0 Å². The Labute approximate surface area is 63.8 Å². The molecule has 10 heavy (non-hydrogen) atoms. The standard InChI is InChI=1S/C8H19NO/c1-5-9(7(2)3)6-8(4)10/h7-8,10H,5-6H2,1-4H3/t8-/m1/s1. The summed E-state index contributed by atoms with van der Waals surface area (Å²) in [5.74, 6) is 0. The van der Waals surface area contributed by atoms with Crippen molar-refractivity contribution in [3.8, 4) is 0 Å². The molecule has 62 valence electrons. The number of aliphatic hydroxyl groups is 1. The molecule has 0 aromatic rings. The van der Waals surface area contributed by atoms with Gasteiger partial charge in [0.25, 0.3) is 0 Å². The van der Waals surface area contributed by atoms with Crippen molar-refractivity contribution < 1.29 is 5.11 Å². The van der Waals surface area contributed by atoms with E-state index in [1.54, 1.807) is 0 Å². The maximum atomic E-state index is 9.06. The van der Waals surface area contributed by atoms with Crippen LogP contribution in [-0.4, -0.2) is 35.2 Å². The highest BCUT2D eigenvalue weighted by atomic mass is 16.3. The summed E-state index contributed by atoms with van der Waals surface area (Å²) in [6.07, 6.45) is -0.206. The van der Waals surface area contributed by atoms with Crippen LogP contribution in [0.15, 0.2) is 0 Å². The summed E-state index contributed by atoms with van der Waals surface area (Å²) < 4.78 is 0. The third-order valence-electron chi connectivity index (χ3n) is 1.64. The minimum absolute atomic E-state index is 0.206. The molecule has 0 bridgehead atoms. The molecule has 0 fully saturated rings. The van der Waals surface area contributed by atoms with E-state index < -0.39 is 0 Å². The predicted molar refractivity (Wildman–Crippen MR) is 44.1 cm³/mol. The van der Waals surface area contributed by atoms with E-state index in [1.165, 1.54) is 0 Å². The summed E-state index contributed by atoms with van der Waals surface area (Å²) in [4.78, 5) is 2.24. The second-order valence-electron chi connectivity index (χ2n) is 3.03. The normalized spacial score (nSPS) is 14.7. The molecule has 0 spiro atoms. The van der Waals surface area contributed by atoms with E-state index in [0.29, 0.717) is 6.04 Å². The number of likely N-dealkylation sites (N-methyl/N-ethyl adjacent to an activating group) is 1. The third-order valence-corrected chi connectivity index (χ3v) is 1.64. The Kier molecular flexibility index (Phi) is 4.65. The van der Waals surface area contributed by atoms with Gasteiger partial charge in [-0.3, -0.25) is 4.90 Å². The highest BCUT2D eigenvalue weighted by Crippen LogP contribution is 1.98. The summed E-state index contributed by atoms with van der Waals surface area (Å²) in [5.41, 5.74) is 0. The fraction of sp³-hybridized carbons (Fsp3) is 1.00. The van der Waals surface area contributed by atoms with Crippen LogP contribution in [0.3, 0.4) is 0 Å². The Bertz CT molecular complexity index is 81.3. The summed E-state index contributed by atoms with van der Waals surface area (Å²) >= 11 is 0. The summed E-state index contributed by atoms with van der Waals surface area (Å²) in [5, 5.41) is 9.06. The Morgan fingerprint density at radius 3 is 1.90 bits per heavy atom. The lowest BCUT2D eigenvalue weighted by Gasteiger charge is -2.25. The fourth-order valence-electron chi connectivity index (χ4n) is 1.04. The van der Waals surface area contributed by atoms with Crippen LogP contribution in [0.25, 0.3) is 0 Å². The van der Waals surface area contributed by atoms with Crippen molar-refractivity contribution in [2.24, 2.45) is 0 Å². The third kappa shape index (κ3) is 3.85. The van der Waals surface area contributed by atoms with E-state index >= 15 is 0 Å². The van der Waals surface area contributed by atoms with Gasteiger partial charge in [-0.25, -0.2) is 0 Å². The van der Waals surface area contributed by atoms with Gasteiger partial charge in [0.1, 0.15) is 0 Å². The molecule has 0 aliphatic heterocycles. The van der Waals surface area contributed by atoms with Gasteiger partial charge in [-0.1, -0.05) is 6.92 Å². The highest BCUT2D eigenvalue weighted by Gasteiger charge is 2.08. The molecule has 0 aliphatic carbocycles. The van der Waals surface area contributed by atoms with Crippen LogP contribution in [0.1, 0.15) is 27.7 Å². The first kappa shape index (κ1) is 9.92. The van der Waals surface area contributed by atoms with Crippen LogP contribution in [-0.2, 0) is 0 Å². The molecule has 0 amide bonds. The molecular formula is C8H19NO. The molecule has 1 atom stereocenters. The van der Waals surface area contributed by atoms with E-state index in [1.807, 2.05) is 6.92 Å². The van der Waals surface area contributed by atoms with Crippen LogP contribution < -0.4 is 0 Å². The zero-order valence-corrected chi connectivity index (χ0v) is 7.46. The van der Waals surface area contributed by atoms with Crippen molar-refractivity contribution in [1.82, 2.24) is 4.90 Å². The van der Waals surface area contributed by atoms with Gasteiger partial charge >= 0.3 is 0 Å². The van der Waals surface area contributed by atoms with Gasteiger partial charge in [-0.05, 0) is 27.3 Å². The minimum Gasteiger partial charge on any atom is -0.392 e. The lowest BCUT2D eigenvalue weighted by molar-refractivity contribution is 0.112. The Morgan fingerprint density at radius 1 is 1.30 bits per heavy atom. The number of rotatable bonds is 4. The van der Waals surface area contributed by atoms with E-state index in [2.05, 4.69) is 25.7 Å². The zero-order chi connectivity index (χ0) is 8.15. The van der Waals surface area contributed by atoms with Gasteiger partial charge in [0.05, 0.1) is 6.10 Å². The first-order valence-electron chi connectivity index (χ1n) is 4.00. The topological polar surface area (TPSA) is 23.5 Å². The van der Waals surface area contributed by atoms with Gasteiger partial charge in [-0.15, -0.1) is 0 Å². The Morgan fingerprint density at radius 2 is 1.80 bits per heavy atom. The van der Waals surface area contributed by atoms with Crippen LogP contribution in [0.4, 0.5) is 0 Å². The second-order valence-corrected chi connectivity index (χ2v) is 3.03. The molecule has 1 N–H and O–H groups in total. The van der Waals surface area contributed by atoms with Crippen LogP contribution in [0.2, 0.25) is 0 Å². The largest absolute Gasteiger partial charge is 0.392 e. The Hall–Kier alpha value is -0.0800. The molecule has 0 aromatic heterocycles. The number of hydrogen-bond acceptors (Lipinski definition) is 2. The number of nitrogens with zero attached hydrogens (tertiary/aromatic N) is 1. The number of hydrogen-bond donors (Lipinski definition) is 1. The van der Waals surface area contributed by atoms with Gasteiger partial charge in [0, 0.05) is 12.6 Å². The molecular weight excluding hydrogens is 126 g/mol. The van der Waals surface area contributed by atoms with Crippen molar-refractivity contribution in [3.05, 3.63) is 0 Å². The van der Waals surface area contributed by atoms with E-state index in [4.69, 9.17) is 5.11 Å². The summed E-state index contributed by atoms with van der Waals surface area (Å²) in [6.45, 7) is 10.0. The van der Waals surface area contributed by atoms with Gasteiger partial charge in [0.2, 0.25) is 0 Å². The first-order chi connectivity index (χ1) is 4.57. The molecule has 0 aliphatic rings. The maximum absolute atomic E-state index is 9.06. The highest BCUT2D eigenvalue weighted by molar-refractivity contribution is 4.62. The lowest BCUT2D eigenvalue weighted by Crippen LogP contribution is -2.36. The second kappa shape index (κ2) is 4.69.